The minimum absolute atomic E-state index is 0.00631. The highest BCUT2D eigenvalue weighted by atomic mass is 16.1. The van der Waals surface area contributed by atoms with Gasteiger partial charge in [0.05, 0.1) is 34.1 Å². The van der Waals surface area contributed by atoms with Crippen molar-refractivity contribution in [3.05, 3.63) is 143 Å². The zero-order valence-electron chi connectivity index (χ0n) is 19.2. The zero-order valence-corrected chi connectivity index (χ0v) is 19.2. The molecule has 0 spiro atoms. The Labute approximate surface area is 200 Å². The van der Waals surface area contributed by atoms with E-state index in [0.717, 1.165) is 22.3 Å². The first-order valence-corrected chi connectivity index (χ1v) is 11.1. The first-order valence-electron chi connectivity index (χ1n) is 11.1. The zero-order chi connectivity index (χ0) is 24.2. The van der Waals surface area contributed by atoms with Crippen LogP contribution in [0.1, 0.15) is 47.2 Å². The Morgan fingerprint density at radius 1 is 0.529 bits per heavy atom. The molecule has 2 unspecified atom stereocenters. The standard InChI is InChI=1S/C31H24N2O/c1-30(25-9-5-3-6-10-25,27-17-13-23(21-32)14-18-27)29(34)31(2,26-11-7-4-8-12-26)28-19-15-24(22-33)16-20-28/h3-20H,1-2H3. The van der Waals surface area contributed by atoms with E-state index in [4.69, 9.17) is 0 Å². The summed E-state index contributed by atoms with van der Waals surface area (Å²) >= 11 is 0. The van der Waals surface area contributed by atoms with Gasteiger partial charge in [0, 0.05) is 0 Å². The first-order chi connectivity index (χ1) is 16.4. The quantitative estimate of drug-likeness (QED) is 0.353. The van der Waals surface area contributed by atoms with Crippen molar-refractivity contribution < 1.29 is 4.79 Å². The summed E-state index contributed by atoms with van der Waals surface area (Å²) in [7, 11) is 0. The highest BCUT2D eigenvalue weighted by molar-refractivity contribution is 6.03. The van der Waals surface area contributed by atoms with E-state index in [2.05, 4.69) is 12.1 Å². The lowest BCUT2D eigenvalue weighted by molar-refractivity contribution is -0.126. The molecule has 0 fully saturated rings. The molecule has 0 N–H and O–H groups in total. The fourth-order valence-electron chi connectivity index (χ4n) is 4.66. The smallest absolute Gasteiger partial charge is 0.162 e. The van der Waals surface area contributed by atoms with Gasteiger partial charge in [0.25, 0.3) is 0 Å². The van der Waals surface area contributed by atoms with E-state index >= 15 is 0 Å². The average molecular weight is 441 g/mol. The van der Waals surface area contributed by atoms with E-state index < -0.39 is 10.8 Å². The molecule has 4 aromatic rings. The minimum Gasteiger partial charge on any atom is -0.297 e. The van der Waals surface area contributed by atoms with Crippen molar-refractivity contribution in [1.82, 2.24) is 0 Å². The number of rotatable bonds is 6. The minimum atomic E-state index is -0.992. The van der Waals surface area contributed by atoms with Crippen LogP contribution in [0.2, 0.25) is 0 Å². The summed E-state index contributed by atoms with van der Waals surface area (Å²) in [5, 5.41) is 18.6. The maximum Gasteiger partial charge on any atom is 0.162 e. The largest absolute Gasteiger partial charge is 0.297 e. The van der Waals surface area contributed by atoms with Crippen molar-refractivity contribution in [3.8, 4) is 12.1 Å². The van der Waals surface area contributed by atoms with E-state index in [1.165, 1.54) is 0 Å². The lowest BCUT2D eigenvalue weighted by Crippen LogP contribution is -2.47. The number of nitrogens with zero attached hydrogens (tertiary/aromatic N) is 2. The number of ketones is 1. The van der Waals surface area contributed by atoms with Gasteiger partial charge < -0.3 is 0 Å². The lowest BCUT2D eigenvalue weighted by atomic mass is 9.60. The van der Waals surface area contributed by atoms with Gasteiger partial charge in [-0.3, -0.25) is 4.79 Å². The highest BCUT2D eigenvalue weighted by Crippen LogP contribution is 2.44. The molecular weight excluding hydrogens is 416 g/mol. The number of hydrogen-bond acceptors (Lipinski definition) is 3. The lowest BCUT2D eigenvalue weighted by Gasteiger charge is -2.40. The second-order valence-corrected chi connectivity index (χ2v) is 8.69. The number of hydrogen-bond donors (Lipinski definition) is 0. The van der Waals surface area contributed by atoms with Crippen LogP contribution < -0.4 is 0 Å². The van der Waals surface area contributed by atoms with Crippen molar-refractivity contribution in [3.63, 3.8) is 0 Å². The molecule has 0 aliphatic heterocycles. The third kappa shape index (κ3) is 3.79. The van der Waals surface area contributed by atoms with E-state index in [0.29, 0.717) is 11.1 Å². The Bertz CT molecular complexity index is 1270. The van der Waals surface area contributed by atoms with E-state index in [-0.39, 0.29) is 5.78 Å². The monoisotopic (exact) mass is 440 g/mol. The summed E-state index contributed by atoms with van der Waals surface area (Å²) in [5.41, 5.74) is 2.49. The number of nitriles is 2. The fraction of sp³-hybridized carbons (Fsp3) is 0.129. The summed E-state index contributed by atoms with van der Waals surface area (Å²) in [4.78, 5) is 14.9. The van der Waals surface area contributed by atoms with Crippen LogP contribution in [0.5, 0.6) is 0 Å². The molecule has 0 aliphatic carbocycles. The predicted octanol–water partition coefficient (Wildman–Crippen LogP) is 6.31. The normalized spacial score (nSPS) is 14.1. The molecule has 0 aromatic heterocycles. The summed E-state index contributed by atoms with van der Waals surface area (Å²) in [6.45, 7) is 3.91. The second kappa shape index (κ2) is 9.18. The van der Waals surface area contributed by atoms with Crippen LogP contribution in [0, 0.1) is 22.7 Å². The molecule has 0 bridgehead atoms. The van der Waals surface area contributed by atoms with Gasteiger partial charge in [-0.15, -0.1) is 0 Å². The molecule has 0 aliphatic rings. The number of benzene rings is 4. The average Bonchev–Trinajstić information content (AvgIpc) is 2.92. The molecule has 0 heterocycles. The SMILES string of the molecule is CC(C(=O)C(C)(c1ccccc1)c1ccc(C#N)cc1)(c1ccccc1)c1ccc(C#N)cc1. The molecule has 0 saturated heterocycles. The Morgan fingerprint density at radius 3 is 1.12 bits per heavy atom. The Kier molecular flexibility index (Phi) is 6.13. The van der Waals surface area contributed by atoms with Crippen molar-refractivity contribution in [2.24, 2.45) is 0 Å². The maximum absolute atomic E-state index is 14.9. The summed E-state index contributed by atoms with van der Waals surface area (Å²) < 4.78 is 0. The van der Waals surface area contributed by atoms with Gasteiger partial charge in [-0.2, -0.15) is 10.5 Å². The van der Waals surface area contributed by atoms with Crippen LogP contribution in [0.4, 0.5) is 0 Å². The summed E-state index contributed by atoms with van der Waals surface area (Å²) in [6.07, 6.45) is 0. The van der Waals surface area contributed by atoms with Crippen molar-refractivity contribution in [2.75, 3.05) is 0 Å². The van der Waals surface area contributed by atoms with E-state index in [1.807, 2.05) is 98.8 Å². The van der Waals surface area contributed by atoms with Gasteiger partial charge in [0.2, 0.25) is 0 Å². The Balaban J connectivity index is 1.99. The first kappa shape index (κ1) is 22.7. The van der Waals surface area contributed by atoms with Gasteiger partial charge in [0.1, 0.15) is 0 Å². The summed E-state index contributed by atoms with van der Waals surface area (Å²) in [5.74, 6) is 0.00631. The molecular formula is C31H24N2O. The topological polar surface area (TPSA) is 64.7 Å². The van der Waals surface area contributed by atoms with Gasteiger partial charge in [-0.05, 0) is 60.4 Å². The van der Waals surface area contributed by atoms with E-state index in [9.17, 15) is 15.3 Å². The molecule has 0 saturated carbocycles. The van der Waals surface area contributed by atoms with Crippen molar-refractivity contribution in [1.29, 1.82) is 10.5 Å². The molecule has 0 amide bonds. The van der Waals surface area contributed by atoms with Gasteiger partial charge in [-0.25, -0.2) is 0 Å². The molecule has 2 atom stereocenters. The second-order valence-electron chi connectivity index (χ2n) is 8.69. The highest BCUT2D eigenvalue weighted by Gasteiger charge is 2.48. The molecule has 0 radical (unpaired) electrons. The van der Waals surface area contributed by atoms with Crippen LogP contribution in [0.25, 0.3) is 0 Å². The fourth-order valence-corrected chi connectivity index (χ4v) is 4.66. The number of carbonyl (C=O) groups excluding carboxylic acids is 1. The van der Waals surface area contributed by atoms with Gasteiger partial charge in [0.15, 0.2) is 5.78 Å². The third-order valence-electron chi connectivity index (χ3n) is 6.79. The Morgan fingerprint density at radius 2 is 0.824 bits per heavy atom. The number of carbonyl (C=O) groups is 1. The molecule has 164 valence electrons. The van der Waals surface area contributed by atoms with Gasteiger partial charge >= 0.3 is 0 Å². The Hall–Kier alpha value is -4.47. The van der Waals surface area contributed by atoms with Crippen LogP contribution in [-0.4, -0.2) is 5.78 Å². The van der Waals surface area contributed by atoms with Crippen molar-refractivity contribution in [2.45, 2.75) is 24.7 Å². The van der Waals surface area contributed by atoms with Gasteiger partial charge in [-0.1, -0.05) is 84.9 Å². The van der Waals surface area contributed by atoms with E-state index in [1.54, 1.807) is 24.3 Å². The third-order valence-corrected chi connectivity index (χ3v) is 6.79. The van der Waals surface area contributed by atoms with Crippen LogP contribution in [0.15, 0.2) is 109 Å². The molecule has 4 aromatic carbocycles. The molecule has 4 rings (SSSR count). The number of Topliss-reactive ketones (excluding diaryl/α,β-unsaturated/α-hetero) is 1. The molecule has 3 heteroatoms. The molecule has 34 heavy (non-hydrogen) atoms. The van der Waals surface area contributed by atoms with Crippen LogP contribution >= 0.6 is 0 Å². The molecule has 3 nitrogen and oxygen atoms in total. The van der Waals surface area contributed by atoms with Crippen LogP contribution in [0.3, 0.4) is 0 Å². The maximum atomic E-state index is 14.9. The van der Waals surface area contributed by atoms with Crippen LogP contribution in [-0.2, 0) is 15.6 Å². The van der Waals surface area contributed by atoms with Crippen molar-refractivity contribution >= 4 is 5.78 Å². The summed E-state index contributed by atoms with van der Waals surface area (Å²) in [6, 6.07) is 38.3. The predicted molar refractivity (Wildman–Crippen MR) is 133 cm³/mol.